The molecule has 2 heterocycles. The molecule has 2 amide bonds. The van der Waals surface area contributed by atoms with E-state index in [2.05, 4.69) is 0 Å². The molecule has 7 nitrogen and oxygen atoms in total. The number of imide groups is 1. The lowest BCUT2D eigenvalue weighted by atomic mass is 10.1. The van der Waals surface area contributed by atoms with E-state index in [1.165, 1.54) is 42.5 Å². The predicted octanol–water partition coefficient (Wildman–Crippen LogP) is 5.88. The summed E-state index contributed by atoms with van der Waals surface area (Å²) in [6.07, 6.45) is 1.41. The van der Waals surface area contributed by atoms with E-state index in [4.69, 9.17) is 16.0 Å². The van der Waals surface area contributed by atoms with E-state index in [1.54, 1.807) is 18.2 Å². The van der Waals surface area contributed by atoms with Crippen molar-refractivity contribution in [2.24, 2.45) is 0 Å². The van der Waals surface area contributed by atoms with Crippen molar-refractivity contribution in [3.05, 3.63) is 91.8 Å². The number of carbonyl (C=O) groups is 2. The van der Waals surface area contributed by atoms with Crippen LogP contribution in [0.4, 0.5) is 14.9 Å². The molecule has 0 saturated carbocycles. The number of rotatable bonds is 5. The summed E-state index contributed by atoms with van der Waals surface area (Å²) < 4.78 is 19.6. The highest BCUT2D eigenvalue weighted by Gasteiger charge is 2.35. The lowest BCUT2D eigenvalue weighted by Gasteiger charge is -2.12. The zero-order chi connectivity index (χ0) is 22.1. The van der Waals surface area contributed by atoms with Crippen molar-refractivity contribution in [3.8, 4) is 11.3 Å². The second-order valence-corrected chi connectivity index (χ2v) is 7.88. The molecule has 1 aliphatic rings. The first-order valence-electron chi connectivity index (χ1n) is 8.86. The van der Waals surface area contributed by atoms with E-state index in [0.717, 1.165) is 16.7 Å². The minimum atomic E-state index is -0.555. The molecule has 0 spiro atoms. The Balaban J connectivity index is 1.56. The first-order chi connectivity index (χ1) is 14.8. The van der Waals surface area contributed by atoms with Crippen LogP contribution in [0.25, 0.3) is 17.4 Å². The Kier molecular flexibility index (Phi) is 5.62. The smallest absolute Gasteiger partial charge is 0.293 e. The zero-order valence-corrected chi connectivity index (χ0v) is 17.2. The Bertz CT molecular complexity index is 1260. The fourth-order valence-electron chi connectivity index (χ4n) is 2.96. The van der Waals surface area contributed by atoms with Crippen LogP contribution in [-0.4, -0.2) is 21.0 Å². The zero-order valence-electron chi connectivity index (χ0n) is 15.6. The lowest BCUT2D eigenvalue weighted by Crippen LogP contribution is -2.27. The number of carbonyl (C=O) groups excluding carboxylic acids is 2. The third-order valence-corrected chi connectivity index (χ3v) is 5.71. The van der Waals surface area contributed by atoms with E-state index in [9.17, 15) is 24.1 Å². The maximum absolute atomic E-state index is 13.9. The van der Waals surface area contributed by atoms with Crippen molar-refractivity contribution in [2.75, 3.05) is 0 Å². The summed E-state index contributed by atoms with van der Waals surface area (Å²) in [7, 11) is 0. The number of benzene rings is 2. The van der Waals surface area contributed by atoms with Gasteiger partial charge >= 0.3 is 0 Å². The van der Waals surface area contributed by atoms with Crippen LogP contribution in [0.15, 0.2) is 63.9 Å². The Labute approximate surface area is 184 Å². The van der Waals surface area contributed by atoms with Crippen molar-refractivity contribution >= 4 is 46.3 Å². The molecule has 1 aromatic heterocycles. The molecule has 0 bridgehead atoms. The van der Waals surface area contributed by atoms with Gasteiger partial charge < -0.3 is 4.42 Å². The minimum Gasteiger partial charge on any atom is -0.457 e. The van der Waals surface area contributed by atoms with Gasteiger partial charge in [-0.15, -0.1) is 0 Å². The number of hydrogen-bond donors (Lipinski definition) is 0. The largest absolute Gasteiger partial charge is 0.457 e. The molecule has 0 atom stereocenters. The van der Waals surface area contributed by atoms with Crippen molar-refractivity contribution in [1.29, 1.82) is 0 Å². The van der Waals surface area contributed by atoms with E-state index in [1.807, 2.05) is 0 Å². The van der Waals surface area contributed by atoms with E-state index < -0.39 is 21.9 Å². The van der Waals surface area contributed by atoms with Crippen molar-refractivity contribution in [2.45, 2.75) is 6.54 Å². The number of amides is 2. The summed E-state index contributed by atoms with van der Waals surface area (Å²) >= 11 is 6.85. The average Bonchev–Trinajstić information content (AvgIpc) is 3.29. The number of non-ortho nitro benzene ring substituents is 1. The molecule has 1 saturated heterocycles. The molecule has 0 N–H and O–H groups in total. The van der Waals surface area contributed by atoms with Crippen molar-refractivity contribution in [3.63, 3.8) is 0 Å². The van der Waals surface area contributed by atoms with Gasteiger partial charge in [0.2, 0.25) is 0 Å². The fraction of sp³-hybridized carbons (Fsp3) is 0.0476. The number of hydrogen-bond acceptors (Lipinski definition) is 6. The third-order valence-electron chi connectivity index (χ3n) is 4.49. The van der Waals surface area contributed by atoms with Gasteiger partial charge in [-0.1, -0.05) is 29.8 Å². The summed E-state index contributed by atoms with van der Waals surface area (Å²) in [5, 5.41) is 10.5. The number of nitro benzene ring substituents is 1. The highest BCUT2D eigenvalue weighted by atomic mass is 35.5. The van der Waals surface area contributed by atoms with Crippen LogP contribution in [0.3, 0.4) is 0 Å². The standard InChI is InChI=1S/C21H12ClFN2O5S/c22-16-9-13(25(28)29)5-7-15(16)18-8-6-14(30-18)10-19-20(26)24(21(27)31-19)11-12-3-1-2-4-17(12)23/h1-10H,11H2/b19-10-. The van der Waals surface area contributed by atoms with E-state index in [-0.39, 0.29) is 27.7 Å². The molecular weight excluding hydrogens is 447 g/mol. The number of nitrogens with zero attached hydrogens (tertiary/aromatic N) is 2. The van der Waals surface area contributed by atoms with E-state index in [0.29, 0.717) is 17.1 Å². The molecule has 156 valence electrons. The molecule has 0 radical (unpaired) electrons. The highest BCUT2D eigenvalue weighted by Crippen LogP contribution is 2.36. The van der Waals surface area contributed by atoms with Crippen LogP contribution in [0.2, 0.25) is 5.02 Å². The molecule has 1 aliphatic heterocycles. The third kappa shape index (κ3) is 4.23. The summed E-state index contributed by atoms with van der Waals surface area (Å²) in [5.74, 6) is -0.414. The summed E-state index contributed by atoms with van der Waals surface area (Å²) in [5.41, 5.74) is 0.530. The molecule has 31 heavy (non-hydrogen) atoms. The number of thioether (sulfide) groups is 1. The first-order valence-corrected chi connectivity index (χ1v) is 10.1. The Hall–Kier alpha value is -3.43. The van der Waals surface area contributed by atoms with Crippen LogP contribution < -0.4 is 0 Å². The molecule has 0 unspecified atom stereocenters. The molecule has 2 aromatic carbocycles. The Morgan fingerprint density at radius 2 is 1.94 bits per heavy atom. The second-order valence-electron chi connectivity index (χ2n) is 6.48. The molecule has 10 heteroatoms. The molecular formula is C21H12ClFN2O5S. The van der Waals surface area contributed by atoms with Gasteiger partial charge in [0, 0.05) is 29.3 Å². The van der Waals surface area contributed by atoms with Gasteiger partial charge in [0.05, 0.1) is 21.4 Å². The van der Waals surface area contributed by atoms with Gasteiger partial charge in [0.15, 0.2) is 0 Å². The lowest BCUT2D eigenvalue weighted by molar-refractivity contribution is -0.384. The molecule has 0 aliphatic carbocycles. The van der Waals surface area contributed by atoms with Gasteiger partial charge in [-0.25, -0.2) is 4.39 Å². The minimum absolute atomic E-state index is 0.136. The van der Waals surface area contributed by atoms with Crippen LogP contribution in [0.1, 0.15) is 11.3 Å². The fourth-order valence-corrected chi connectivity index (χ4v) is 4.04. The maximum Gasteiger partial charge on any atom is 0.293 e. The SMILES string of the molecule is O=C1S/C(=C\c2ccc(-c3ccc([N+](=O)[O-])cc3Cl)o2)C(=O)N1Cc1ccccc1F. The summed E-state index contributed by atoms with van der Waals surface area (Å²) in [6, 6.07) is 13.1. The number of halogens is 2. The summed E-state index contributed by atoms with van der Waals surface area (Å²) in [4.78, 5) is 36.3. The predicted molar refractivity (Wildman–Crippen MR) is 114 cm³/mol. The van der Waals surface area contributed by atoms with Crippen LogP contribution >= 0.6 is 23.4 Å². The Morgan fingerprint density at radius 1 is 1.16 bits per heavy atom. The van der Waals surface area contributed by atoms with Gasteiger partial charge in [0.25, 0.3) is 16.8 Å². The molecule has 4 rings (SSSR count). The average molecular weight is 459 g/mol. The maximum atomic E-state index is 13.9. The van der Waals surface area contributed by atoms with E-state index >= 15 is 0 Å². The van der Waals surface area contributed by atoms with Gasteiger partial charge in [0.1, 0.15) is 17.3 Å². The molecule has 1 fully saturated rings. The quantitative estimate of drug-likeness (QED) is 0.269. The van der Waals surface area contributed by atoms with Gasteiger partial charge in [-0.3, -0.25) is 24.6 Å². The second kappa shape index (κ2) is 8.37. The van der Waals surface area contributed by atoms with Gasteiger partial charge in [-0.2, -0.15) is 0 Å². The van der Waals surface area contributed by atoms with Crippen LogP contribution in [-0.2, 0) is 11.3 Å². The molecule has 3 aromatic rings. The van der Waals surface area contributed by atoms with Crippen molar-refractivity contribution < 1.29 is 23.3 Å². The van der Waals surface area contributed by atoms with Crippen LogP contribution in [0.5, 0.6) is 0 Å². The normalized spacial score (nSPS) is 15.2. The van der Waals surface area contributed by atoms with Crippen LogP contribution in [0, 0.1) is 15.9 Å². The van der Waals surface area contributed by atoms with Crippen molar-refractivity contribution in [1.82, 2.24) is 4.90 Å². The highest BCUT2D eigenvalue weighted by molar-refractivity contribution is 8.18. The number of nitro groups is 1. The first kappa shape index (κ1) is 20.8. The monoisotopic (exact) mass is 458 g/mol. The topological polar surface area (TPSA) is 93.7 Å². The number of furan rings is 1. The Morgan fingerprint density at radius 3 is 2.65 bits per heavy atom. The van der Waals surface area contributed by atoms with Gasteiger partial charge in [-0.05, 0) is 36.0 Å². The summed E-state index contributed by atoms with van der Waals surface area (Å²) in [6.45, 7) is -0.170.